The number of benzene rings is 1. The molecule has 1 N–H and O–H groups in total. The van der Waals surface area contributed by atoms with E-state index in [0.29, 0.717) is 17.9 Å². The molecular weight excluding hydrogens is 350 g/mol. The van der Waals surface area contributed by atoms with Crippen LogP contribution in [-0.2, 0) is 11.3 Å². The lowest BCUT2D eigenvalue weighted by molar-refractivity contribution is -0.128. The summed E-state index contributed by atoms with van der Waals surface area (Å²) in [4.78, 5) is 17.6. The van der Waals surface area contributed by atoms with Crippen molar-refractivity contribution >= 4 is 5.91 Å². The highest BCUT2D eigenvalue weighted by atomic mass is 16.5. The molecule has 0 radical (unpaired) electrons. The van der Waals surface area contributed by atoms with Crippen molar-refractivity contribution in [3.63, 3.8) is 0 Å². The maximum atomic E-state index is 12.8. The summed E-state index contributed by atoms with van der Waals surface area (Å²) in [6, 6.07) is 8.60. The number of hydrogen-bond donors (Lipinski definition) is 1. The van der Waals surface area contributed by atoms with Gasteiger partial charge in [-0.3, -0.25) is 14.6 Å². The second-order valence-corrected chi connectivity index (χ2v) is 8.72. The van der Waals surface area contributed by atoms with E-state index in [1.807, 2.05) is 12.1 Å². The fraction of sp³-hybridized carbons (Fsp3) is 0.696. The third-order valence-electron chi connectivity index (χ3n) is 6.93. The fourth-order valence-electron chi connectivity index (χ4n) is 4.55. The van der Waals surface area contributed by atoms with Gasteiger partial charge in [-0.25, -0.2) is 0 Å². The van der Waals surface area contributed by atoms with Crippen LogP contribution in [0.5, 0.6) is 5.75 Å². The van der Waals surface area contributed by atoms with Crippen molar-refractivity contribution in [2.24, 2.45) is 11.8 Å². The van der Waals surface area contributed by atoms with Crippen LogP contribution in [-0.4, -0.2) is 61.1 Å². The van der Waals surface area contributed by atoms with Gasteiger partial charge in [-0.1, -0.05) is 38.8 Å². The van der Waals surface area contributed by atoms with Crippen LogP contribution in [0.1, 0.15) is 45.6 Å². The Morgan fingerprint density at radius 3 is 2.46 bits per heavy atom. The minimum absolute atomic E-state index is 0.0485. The van der Waals surface area contributed by atoms with Crippen LogP contribution in [0.2, 0.25) is 0 Å². The minimum atomic E-state index is -0.0485. The molecule has 1 saturated heterocycles. The number of rotatable bonds is 6. The average Bonchev–Trinajstić information content (AvgIpc) is 2.72. The fourth-order valence-corrected chi connectivity index (χ4v) is 4.55. The second kappa shape index (κ2) is 9.75. The van der Waals surface area contributed by atoms with E-state index in [4.69, 9.17) is 4.74 Å². The van der Waals surface area contributed by atoms with E-state index in [1.54, 1.807) is 7.11 Å². The number of nitrogens with one attached hydrogen (secondary N) is 1. The summed E-state index contributed by atoms with van der Waals surface area (Å²) in [5, 5.41) is 3.35. The summed E-state index contributed by atoms with van der Waals surface area (Å²) in [6.45, 7) is 11.5. The number of methoxy groups -OCH3 is 1. The largest absolute Gasteiger partial charge is 0.497 e. The Morgan fingerprint density at radius 1 is 1.14 bits per heavy atom. The van der Waals surface area contributed by atoms with E-state index < -0.39 is 0 Å². The molecule has 1 aliphatic carbocycles. The highest BCUT2D eigenvalue weighted by Gasteiger charge is 2.31. The summed E-state index contributed by atoms with van der Waals surface area (Å²) in [7, 11) is 1.70. The topological polar surface area (TPSA) is 44.8 Å². The molecule has 1 amide bonds. The van der Waals surface area contributed by atoms with Gasteiger partial charge in [0.2, 0.25) is 5.91 Å². The summed E-state index contributed by atoms with van der Waals surface area (Å²) < 4.78 is 5.23. The Morgan fingerprint density at radius 2 is 1.82 bits per heavy atom. The molecule has 156 valence electrons. The summed E-state index contributed by atoms with van der Waals surface area (Å²) in [5.74, 6) is 2.38. The zero-order valence-electron chi connectivity index (χ0n) is 18.0. The molecule has 0 spiro atoms. The maximum Gasteiger partial charge on any atom is 0.237 e. The first-order chi connectivity index (χ1) is 13.5. The van der Waals surface area contributed by atoms with Gasteiger partial charge in [0.15, 0.2) is 0 Å². The normalized spacial score (nSPS) is 27.9. The van der Waals surface area contributed by atoms with Gasteiger partial charge >= 0.3 is 0 Å². The number of carbonyl (C=O) groups excluding carboxylic acids is 1. The van der Waals surface area contributed by atoms with Gasteiger partial charge in [-0.2, -0.15) is 0 Å². The second-order valence-electron chi connectivity index (χ2n) is 8.72. The van der Waals surface area contributed by atoms with Crippen LogP contribution in [0.3, 0.4) is 0 Å². The lowest BCUT2D eigenvalue weighted by atomic mass is 9.78. The Labute approximate surface area is 170 Å². The van der Waals surface area contributed by atoms with E-state index in [9.17, 15) is 4.79 Å². The van der Waals surface area contributed by atoms with Crippen molar-refractivity contribution in [3.8, 4) is 5.75 Å². The zero-order valence-corrected chi connectivity index (χ0v) is 18.0. The number of amides is 1. The van der Waals surface area contributed by atoms with Crippen molar-refractivity contribution < 1.29 is 9.53 Å². The van der Waals surface area contributed by atoms with Gasteiger partial charge in [0, 0.05) is 38.8 Å². The summed E-state index contributed by atoms with van der Waals surface area (Å²) in [5.41, 5.74) is 1.31. The molecule has 0 aromatic heterocycles. The van der Waals surface area contributed by atoms with Gasteiger partial charge in [0.1, 0.15) is 5.75 Å². The number of ether oxygens (including phenoxy) is 1. The maximum absolute atomic E-state index is 12.8. The monoisotopic (exact) mass is 387 g/mol. The molecular formula is C23H37N3O2. The quantitative estimate of drug-likeness (QED) is 0.814. The number of piperazine rings is 1. The van der Waals surface area contributed by atoms with Crippen molar-refractivity contribution in [3.05, 3.63) is 29.8 Å². The smallest absolute Gasteiger partial charge is 0.237 e. The molecule has 1 heterocycles. The Balaban J connectivity index is 1.45. The van der Waals surface area contributed by atoms with E-state index >= 15 is 0 Å². The molecule has 4 atom stereocenters. The molecule has 0 bridgehead atoms. The van der Waals surface area contributed by atoms with E-state index in [1.165, 1.54) is 18.4 Å². The van der Waals surface area contributed by atoms with Crippen LogP contribution in [0.25, 0.3) is 0 Å². The van der Waals surface area contributed by atoms with Gasteiger partial charge in [0.25, 0.3) is 0 Å². The van der Waals surface area contributed by atoms with E-state index in [-0.39, 0.29) is 11.9 Å². The lowest BCUT2D eigenvalue weighted by Crippen LogP contribution is -2.56. The van der Waals surface area contributed by atoms with Crippen molar-refractivity contribution in [1.82, 2.24) is 15.1 Å². The van der Waals surface area contributed by atoms with Crippen LogP contribution in [0.4, 0.5) is 0 Å². The van der Waals surface area contributed by atoms with E-state index in [0.717, 1.165) is 44.9 Å². The third-order valence-corrected chi connectivity index (χ3v) is 6.93. The number of nitrogens with zero attached hydrogens (tertiary/aromatic N) is 2. The molecule has 28 heavy (non-hydrogen) atoms. The Kier molecular flexibility index (Phi) is 7.36. The first-order valence-electron chi connectivity index (χ1n) is 10.9. The lowest BCUT2D eigenvalue weighted by Gasteiger charge is -2.39. The molecule has 2 aliphatic rings. The molecule has 1 aromatic rings. The summed E-state index contributed by atoms with van der Waals surface area (Å²) in [6.07, 6.45) is 3.65. The average molecular weight is 388 g/mol. The SMILES string of the molecule is COc1ccc(CN2CCN([C@H](C)C(=O)N[C@@H]3CCC[C@H](C)[C@H]3C)CC2)cc1. The molecule has 5 nitrogen and oxygen atoms in total. The number of carbonyl (C=O) groups is 1. The molecule has 5 heteroatoms. The van der Waals surface area contributed by atoms with Crippen molar-refractivity contribution in [1.29, 1.82) is 0 Å². The Bertz CT molecular complexity index is 625. The minimum Gasteiger partial charge on any atom is -0.497 e. The molecule has 0 unspecified atom stereocenters. The summed E-state index contributed by atoms with van der Waals surface area (Å²) >= 11 is 0. The van der Waals surface area contributed by atoms with Gasteiger partial charge < -0.3 is 10.1 Å². The van der Waals surface area contributed by atoms with Gasteiger partial charge in [-0.15, -0.1) is 0 Å². The molecule has 2 fully saturated rings. The molecule has 1 saturated carbocycles. The third kappa shape index (κ3) is 5.26. The van der Waals surface area contributed by atoms with Crippen LogP contribution >= 0.6 is 0 Å². The van der Waals surface area contributed by atoms with Crippen LogP contribution < -0.4 is 10.1 Å². The first kappa shape index (κ1) is 21.1. The van der Waals surface area contributed by atoms with Crippen molar-refractivity contribution in [2.75, 3.05) is 33.3 Å². The zero-order chi connectivity index (χ0) is 20.1. The first-order valence-corrected chi connectivity index (χ1v) is 10.9. The number of hydrogen-bond acceptors (Lipinski definition) is 4. The van der Waals surface area contributed by atoms with E-state index in [2.05, 4.69) is 48.0 Å². The molecule has 1 aliphatic heterocycles. The van der Waals surface area contributed by atoms with Crippen LogP contribution in [0, 0.1) is 11.8 Å². The highest BCUT2D eigenvalue weighted by molar-refractivity contribution is 5.81. The predicted molar refractivity (Wildman–Crippen MR) is 113 cm³/mol. The molecule has 3 rings (SSSR count). The van der Waals surface area contributed by atoms with Gasteiger partial charge in [-0.05, 0) is 42.9 Å². The predicted octanol–water partition coefficient (Wildman–Crippen LogP) is 3.14. The van der Waals surface area contributed by atoms with Gasteiger partial charge in [0.05, 0.1) is 13.2 Å². The highest BCUT2D eigenvalue weighted by Crippen LogP contribution is 2.29. The van der Waals surface area contributed by atoms with Crippen LogP contribution in [0.15, 0.2) is 24.3 Å². The van der Waals surface area contributed by atoms with Crippen molar-refractivity contribution in [2.45, 2.75) is 58.7 Å². The standard InChI is InChI=1S/C23H37N3O2/c1-17-6-5-7-22(18(17)2)24-23(27)19(3)26-14-12-25(13-15-26)16-20-8-10-21(28-4)11-9-20/h8-11,17-19,22H,5-7,12-16H2,1-4H3,(H,24,27)/t17-,18+,19+,22+/m0/s1. The molecule has 1 aromatic carbocycles. The Hall–Kier alpha value is -1.59.